The van der Waals surface area contributed by atoms with Crippen LogP contribution in [-0.4, -0.2) is 29.0 Å². The number of carbonyl (C=O) groups excluding carboxylic acids is 1. The van der Waals surface area contributed by atoms with Gasteiger partial charge in [0.15, 0.2) is 4.34 Å². The van der Waals surface area contributed by atoms with Gasteiger partial charge < -0.3 is 4.74 Å². The average molecular weight is 360 g/mol. The summed E-state index contributed by atoms with van der Waals surface area (Å²) in [5.41, 5.74) is 0.656. The van der Waals surface area contributed by atoms with Crippen molar-refractivity contribution in [3.8, 4) is 11.8 Å². The maximum atomic E-state index is 12.3. The van der Waals surface area contributed by atoms with Crippen molar-refractivity contribution in [2.75, 3.05) is 18.2 Å². The van der Waals surface area contributed by atoms with Crippen LogP contribution in [0.2, 0.25) is 0 Å². The van der Waals surface area contributed by atoms with Crippen LogP contribution in [0.5, 0.6) is 5.75 Å². The van der Waals surface area contributed by atoms with Crippen molar-refractivity contribution >= 4 is 40.2 Å². The van der Waals surface area contributed by atoms with Crippen molar-refractivity contribution in [3.05, 3.63) is 35.4 Å². The second-order valence-electron chi connectivity index (χ2n) is 4.59. The molecule has 0 bridgehead atoms. The molecule has 0 aliphatic carbocycles. The van der Waals surface area contributed by atoms with Gasteiger partial charge in [-0.25, -0.2) is 0 Å². The number of thioether (sulfide) groups is 1. The molecule has 0 atom stereocenters. The fourth-order valence-electron chi connectivity index (χ4n) is 1.75. The van der Waals surface area contributed by atoms with Crippen molar-refractivity contribution in [2.45, 2.75) is 17.7 Å². The molecule has 0 fully saturated rings. The Morgan fingerprint density at radius 1 is 1.46 bits per heavy atom. The van der Waals surface area contributed by atoms with Crippen LogP contribution < -0.4 is 10.1 Å². The summed E-state index contributed by atoms with van der Waals surface area (Å²) in [5, 5.41) is 20.0. The summed E-state index contributed by atoms with van der Waals surface area (Å²) in [6, 6.07) is 9.20. The Morgan fingerprint density at radius 3 is 2.92 bits per heavy atom. The van der Waals surface area contributed by atoms with Gasteiger partial charge in [0, 0.05) is 5.56 Å². The topological polar surface area (TPSA) is 87.9 Å². The molecule has 0 spiro atoms. The van der Waals surface area contributed by atoms with Crippen LogP contribution in [0.3, 0.4) is 0 Å². The monoisotopic (exact) mass is 360 g/mol. The fourth-order valence-corrected chi connectivity index (χ4v) is 2.92. The van der Waals surface area contributed by atoms with E-state index in [4.69, 9.17) is 4.74 Å². The van der Waals surface area contributed by atoms with E-state index in [1.165, 1.54) is 29.2 Å². The molecule has 8 heteroatoms. The number of ether oxygens (including phenoxy) is 1. The van der Waals surface area contributed by atoms with E-state index in [0.717, 1.165) is 10.8 Å². The lowest BCUT2D eigenvalue weighted by Gasteiger charge is -2.08. The van der Waals surface area contributed by atoms with Crippen molar-refractivity contribution in [2.24, 2.45) is 0 Å². The molecule has 0 saturated heterocycles. The first kappa shape index (κ1) is 18.0. The summed E-state index contributed by atoms with van der Waals surface area (Å²) in [7, 11) is 0. The number of anilines is 1. The molecule has 2 aromatic rings. The van der Waals surface area contributed by atoms with Crippen molar-refractivity contribution in [1.82, 2.24) is 10.2 Å². The van der Waals surface area contributed by atoms with Gasteiger partial charge in [0.05, 0.1) is 6.61 Å². The number of nitrogens with zero attached hydrogens (tertiary/aromatic N) is 3. The largest absolute Gasteiger partial charge is 0.493 e. The Hall–Kier alpha value is -2.37. The van der Waals surface area contributed by atoms with Gasteiger partial charge in [0.2, 0.25) is 5.13 Å². The molecule has 1 heterocycles. The third-order valence-corrected chi connectivity index (χ3v) is 4.66. The summed E-state index contributed by atoms with van der Waals surface area (Å²) in [6.45, 7) is 2.58. The number of aromatic nitrogens is 2. The number of benzene rings is 1. The highest BCUT2D eigenvalue weighted by molar-refractivity contribution is 8.00. The molecule has 1 N–H and O–H groups in total. The molecular formula is C16H16N4O2S2. The van der Waals surface area contributed by atoms with Crippen LogP contribution in [0.25, 0.3) is 6.08 Å². The van der Waals surface area contributed by atoms with Crippen LogP contribution in [-0.2, 0) is 4.79 Å². The van der Waals surface area contributed by atoms with Gasteiger partial charge in [0.1, 0.15) is 17.4 Å². The quantitative estimate of drug-likeness (QED) is 0.351. The van der Waals surface area contributed by atoms with Gasteiger partial charge in [0.25, 0.3) is 5.91 Å². The number of nitriles is 1. The average Bonchev–Trinajstić information content (AvgIpc) is 3.06. The lowest BCUT2D eigenvalue weighted by molar-refractivity contribution is -0.112. The Balaban J connectivity index is 2.19. The fraction of sp³-hybridized carbons (Fsp3) is 0.250. The molecule has 0 aliphatic heterocycles. The number of carbonyl (C=O) groups is 1. The Labute approximate surface area is 148 Å². The summed E-state index contributed by atoms with van der Waals surface area (Å²) in [6.07, 6.45) is 4.26. The minimum absolute atomic E-state index is 0.0246. The molecule has 0 unspecified atom stereocenters. The number of para-hydroxylation sites is 1. The normalized spacial score (nSPS) is 11.0. The number of hydrogen-bond donors (Lipinski definition) is 1. The number of amides is 1. The molecule has 1 amide bonds. The Morgan fingerprint density at radius 2 is 2.25 bits per heavy atom. The van der Waals surface area contributed by atoms with Gasteiger partial charge in [-0.05, 0) is 24.8 Å². The molecule has 2 rings (SSSR count). The van der Waals surface area contributed by atoms with E-state index < -0.39 is 5.91 Å². The first-order valence-electron chi connectivity index (χ1n) is 7.20. The number of nitrogens with one attached hydrogen (secondary N) is 1. The molecule has 6 nitrogen and oxygen atoms in total. The summed E-state index contributed by atoms with van der Waals surface area (Å²) in [4.78, 5) is 12.3. The van der Waals surface area contributed by atoms with Crippen LogP contribution in [0, 0.1) is 11.3 Å². The summed E-state index contributed by atoms with van der Waals surface area (Å²) < 4.78 is 6.38. The summed E-state index contributed by atoms with van der Waals surface area (Å²) >= 11 is 2.70. The molecule has 1 aromatic carbocycles. The van der Waals surface area contributed by atoms with Gasteiger partial charge in [-0.3, -0.25) is 10.1 Å². The molecular weight excluding hydrogens is 344 g/mol. The van der Waals surface area contributed by atoms with Crippen LogP contribution in [0.4, 0.5) is 5.13 Å². The van der Waals surface area contributed by atoms with E-state index in [-0.39, 0.29) is 5.57 Å². The summed E-state index contributed by atoms with van der Waals surface area (Å²) in [5.74, 6) is 0.118. The van der Waals surface area contributed by atoms with Crippen LogP contribution >= 0.6 is 23.1 Å². The van der Waals surface area contributed by atoms with E-state index in [9.17, 15) is 10.1 Å². The minimum atomic E-state index is -0.522. The SMILES string of the molecule is CCCOc1ccccc1/C=C(\C#N)C(=O)Nc1nnc(SC)s1. The first-order valence-corrected chi connectivity index (χ1v) is 9.24. The molecule has 1 aromatic heterocycles. The second kappa shape index (κ2) is 9.05. The standard InChI is InChI=1S/C16H16N4O2S2/c1-3-8-22-13-7-5-4-6-11(13)9-12(10-17)14(21)18-15-19-20-16(23-2)24-15/h4-7,9H,3,8H2,1-2H3,(H,18,19,21)/b12-9+. The molecule has 0 aliphatic rings. The van der Waals surface area contributed by atoms with E-state index in [2.05, 4.69) is 15.5 Å². The first-order chi connectivity index (χ1) is 11.7. The van der Waals surface area contributed by atoms with Gasteiger partial charge >= 0.3 is 0 Å². The highest BCUT2D eigenvalue weighted by Gasteiger charge is 2.13. The van der Waals surface area contributed by atoms with E-state index >= 15 is 0 Å². The maximum Gasteiger partial charge on any atom is 0.268 e. The smallest absolute Gasteiger partial charge is 0.268 e. The third-order valence-electron chi connectivity index (χ3n) is 2.85. The minimum Gasteiger partial charge on any atom is -0.493 e. The molecule has 24 heavy (non-hydrogen) atoms. The molecule has 124 valence electrons. The highest BCUT2D eigenvalue weighted by atomic mass is 32.2. The highest BCUT2D eigenvalue weighted by Crippen LogP contribution is 2.24. The Kier molecular flexibility index (Phi) is 6.78. The van der Waals surface area contributed by atoms with Crippen molar-refractivity contribution in [1.29, 1.82) is 5.26 Å². The Bertz CT molecular complexity index is 780. The van der Waals surface area contributed by atoms with Crippen LogP contribution in [0.15, 0.2) is 34.2 Å². The van der Waals surface area contributed by atoms with E-state index in [0.29, 0.717) is 23.1 Å². The molecule has 0 saturated carbocycles. The zero-order chi connectivity index (χ0) is 17.4. The van der Waals surface area contributed by atoms with E-state index in [1.807, 2.05) is 37.4 Å². The van der Waals surface area contributed by atoms with Crippen molar-refractivity contribution < 1.29 is 9.53 Å². The molecule has 0 radical (unpaired) electrons. The van der Waals surface area contributed by atoms with Gasteiger partial charge in [-0.15, -0.1) is 10.2 Å². The van der Waals surface area contributed by atoms with Crippen LogP contribution in [0.1, 0.15) is 18.9 Å². The predicted molar refractivity (Wildman–Crippen MR) is 96.1 cm³/mol. The zero-order valence-corrected chi connectivity index (χ0v) is 14.9. The van der Waals surface area contributed by atoms with Crippen molar-refractivity contribution in [3.63, 3.8) is 0 Å². The van der Waals surface area contributed by atoms with E-state index in [1.54, 1.807) is 6.07 Å². The lowest BCUT2D eigenvalue weighted by Crippen LogP contribution is -2.13. The number of rotatable bonds is 7. The third kappa shape index (κ3) is 4.81. The second-order valence-corrected chi connectivity index (χ2v) is 6.62. The maximum absolute atomic E-state index is 12.3. The predicted octanol–water partition coefficient (Wildman–Crippen LogP) is 3.59. The lowest BCUT2D eigenvalue weighted by atomic mass is 10.1. The van der Waals surface area contributed by atoms with Gasteiger partial charge in [-0.1, -0.05) is 48.2 Å². The van der Waals surface area contributed by atoms with Gasteiger partial charge in [-0.2, -0.15) is 5.26 Å². The zero-order valence-electron chi connectivity index (χ0n) is 13.3. The number of hydrogen-bond acceptors (Lipinski definition) is 7.